The van der Waals surface area contributed by atoms with E-state index in [0.29, 0.717) is 28.9 Å². The van der Waals surface area contributed by atoms with Crippen LogP contribution in [0.4, 0.5) is 0 Å². The van der Waals surface area contributed by atoms with Crippen LogP contribution in [-0.2, 0) is 0 Å². The van der Waals surface area contributed by atoms with E-state index in [0.717, 1.165) is 5.56 Å². The summed E-state index contributed by atoms with van der Waals surface area (Å²) in [6, 6.07) is 13.0. The molecule has 0 aliphatic rings. The summed E-state index contributed by atoms with van der Waals surface area (Å²) in [7, 11) is 0. The van der Waals surface area contributed by atoms with Crippen LogP contribution in [0, 0.1) is 0 Å². The van der Waals surface area contributed by atoms with Gasteiger partial charge in [0.15, 0.2) is 11.5 Å². The highest BCUT2D eigenvalue weighted by atomic mass is 35.5. The first kappa shape index (κ1) is 14.7. The zero-order valence-corrected chi connectivity index (χ0v) is 12.4. The van der Waals surface area contributed by atoms with Gasteiger partial charge in [-0.25, -0.2) is 0 Å². The average Bonchev–Trinajstić information content (AvgIpc) is 2.43. The smallest absolute Gasteiger partial charge is 0.169 e. The molecule has 2 aromatic carbocycles. The number of hydrogen-bond donors (Lipinski definition) is 1. The number of ether oxygens (including phenoxy) is 2. The molecular weight excluding hydrogens is 274 g/mol. The van der Waals surface area contributed by atoms with Crippen molar-refractivity contribution in [1.29, 1.82) is 0 Å². The third kappa shape index (κ3) is 3.44. The van der Waals surface area contributed by atoms with Crippen LogP contribution in [-0.4, -0.2) is 6.61 Å². The van der Waals surface area contributed by atoms with Gasteiger partial charge < -0.3 is 15.2 Å². The van der Waals surface area contributed by atoms with Crippen molar-refractivity contribution in [3.05, 3.63) is 53.1 Å². The highest BCUT2D eigenvalue weighted by Crippen LogP contribution is 2.35. The van der Waals surface area contributed by atoms with E-state index < -0.39 is 0 Å². The van der Waals surface area contributed by atoms with Gasteiger partial charge in [0.1, 0.15) is 5.75 Å². The van der Waals surface area contributed by atoms with Crippen LogP contribution in [0.25, 0.3) is 0 Å². The molecule has 0 radical (unpaired) electrons. The third-order valence-corrected chi connectivity index (χ3v) is 3.15. The van der Waals surface area contributed by atoms with E-state index in [2.05, 4.69) is 0 Å². The average molecular weight is 292 g/mol. The molecule has 106 valence electrons. The molecule has 0 amide bonds. The van der Waals surface area contributed by atoms with Gasteiger partial charge in [-0.3, -0.25) is 0 Å². The fraction of sp³-hybridized carbons (Fsp3) is 0.250. The van der Waals surface area contributed by atoms with E-state index in [4.69, 9.17) is 26.8 Å². The van der Waals surface area contributed by atoms with E-state index >= 15 is 0 Å². The Labute approximate surface area is 124 Å². The van der Waals surface area contributed by atoms with Crippen molar-refractivity contribution in [1.82, 2.24) is 0 Å². The molecule has 2 N–H and O–H groups in total. The number of para-hydroxylation sites is 2. The van der Waals surface area contributed by atoms with E-state index in [9.17, 15) is 0 Å². The minimum Gasteiger partial charge on any atom is -0.490 e. The third-order valence-electron chi connectivity index (χ3n) is 2.85. The minimum absolute atomic E-state index is 0.0581. The van der Waals surface area contributed by atoms with Gasteiger partial charge in [0.2, 0.25) is 0 Å². The monoisotopic (exact) mass is 291 g/mol. The Balaban J connectivity index is 2.26. The molecule has 0 heterocycles. The largest absolute Gasteiger partial charge is 0.490 e. The zero-order valence-electron chi connectivity index (χ0n) is 11.6. The standard InChI is InChI=1S/C16H18ClNO2/c1-3-19-15-6-4-5-7-16(15)20-14-9-8-12(11(2)18)10-13(14)17/h4-11H,3,18H2,1-2H3/t11-/m1/s1. The molecule has 20 heavy (non-hydrogen) atoms. The molecule has 0 saturated heterocycles. The second kappa shape index (κ2) is 6.64. The Morgan fingerprint density at radius 1 is 1.10 bits per heavy atom. The maximum atomic E-state index is 6.23. The van der Waals surface area contributed by atoms with Gasteiger partial charge in [-0.05, 0) is 43.7 Å². The fourth-order valence-electron chi connectivity index (χ4n) is 1.81. The second-order valence-corrected chi connectivity index (χ2v) is 4.87. The predicted octanol–water partition coefficient (Wildman–Crippen LogP) is 4.55. The first-order valence-electron chi connectivity index (χ1n) is 6.56. The van der Waals surface area contributed by atoms with E-state index in [1.165, 1.54) is 0 Å². The topological polar surface area (TPSA) is 44.5 Å². The summed E-state index contributed by atoms with van der Waals surface area (Å²) < 4.78 is 11.4. The summed E-state index contributed by atoms with van der Waals surface area (Å²) in [5.41, 5.74) is 6.80. The maximum absolute atomic E-state index is 6.23. The number of hydrogen-bond acceptors (Lipinski definition) is 3. The molecule has 4 heteroatoms. The van der Waals surface area contributed by atoms with Crippen molar-refractivity contribution >= 4 is 11.6 Å². The quantitative estimate of drug-likeness (QED) is 0.879. The number of rotatable bonds is 5. The summed E-state index contributed by atoms with van der Waals surface area (Å²) in [5, 5.41) is 0.533. The molecule has 0 aromatic heterocycles. The lowest BCUT2D eigenvalue weighted by atomic mass is 10.1. The van der Waals surface area contributed by atoms with Crippen LogP contribution in [0.3, 0.4) is 0 Å². The summed E-state index contributed by atoms with van der Waals surface area (Å²) in [6.45, 7) is 4.43. The SMILES string of the molecule is CCOc1ccccc1Oc1ccc([C@@H](C)N)cc1Cl. The second-order valence-electron chi connectivity index (χ2n) is 4.46. The van der Waals surface area contributed by atoms with Crippen LogP contribution in [0.2, 0.25) is 5.02 Å². The van der Waals surface area contributed by atoms with Crippen LogP contribution >= 0.6 is 11.6 Å². The number of benzene rings is 2. The van der Waals surface area contributed by atoms with Crippen molar-refractivity contribution in [3.8, 4) is 17.2 Å². The van der Waals surface area contributed by atoms with Gasteiger partial charge in [-0.2, -0.15) is 0 Å². The molecular formula is C16H18ClNO2. The van der Waals surface area contributed by atoms with Crippen LogP contribution < -0.4 is 15.2 Å². The highest BCUT2D eigenvalue weighted by molar-refractivity contribution is 6.32. The summed E-state index contributed by atoms with van der Waals surface area (Å²) in [5.74, 6) is 1.93. The van der Waals surface area contributed by atoms with E-state index in [-0.39, 0.29) is 6.04 Å². The van der Waals surface area contributed by atoms with Crippen molar-refractivity contribution in [2.45, 2.75) is 19.9 Å². The molecule has 0 aliphatic heterocycles. The first-order valence-corrected chi connectivity index (χ1v) is 6.94. The lowest BCUT2D eigenvalue weighted by Crippen LogP contribution is -2.04. The molecule has 2 rings (SSSR count). The Morgan fingerprint density at radius 3 is 2.40 bits per heavy atom. The molecule has 2 aromatic rings. The molecule has 0 saturated carbocycles. The van der Waals surface area contributed by atoms with Crippen LogP contribution in [0.5, 0.6) is 17.2 Å². The van der Waals surface area contributed by atoms with E-state index in [1.54, 1.807) is 0 Å². The molecule has 0 fully saturated rings. The molecule has 1 atom stereocenters. The summed E-state index contributed by atoms with van der Waals surface area (Å²) in [4.78, 5) is 0. The number of halogens is 1. The van der Waals surface area contributed by atoms with E-state index in [1.807, 2.05) is 56.3 Å². The normalized spacial score (nSPS) is 12.0. The van der Waals surface area contributed by atoms with Gasteiger partial charge in [0, 0.05) is 6.04 Å². The molecule has 0 aliphatic carbocycles. The fourth-order valence-corrected chi connectivity index (χ4v) is 2.04. The van der Waals surface area contributed by atoms with Gasteiger partial charge in [-0.15, -0.1) is 0 Å². The van der Waals surface area contributed by atoms with Gasteiger partial charge in [0.25, 0.3) is 0 Å². The van der Waals surface area contributed by atoms with Crippen molar-refractivity contribution in [3.63, 3.8) is 0 Å². The van der Waals surface area contributed by atoms with Crippen molar-refractivity contribution in [2.24, 2.45) is 5.73 Å². The molecule has 0 spiro atoms. The van der Waals surface area contributed by atoms with Crippen LogP contribution in [0.1, 0.15) is 25.5 Å². The van der Waals surface area contributed by atoms with Gasteiger partial charge >= 0.3 is 0 Å². The van der Waals surface area contributed by atoms with Crippen LogP contribution in [0.15, 0.2) is 42.5 Å². The summed E-state index contributed by atoms with van der Waals surface area (Å²) in [6.07, 6.45) is 0. The Bertz CT molecular complexity index is 584. The zero-order chi connectivity index (χ0) is 14.5. The van der Waals surface area contributed by atoms with Crippen molar-refractivity contribution in [2.75, 3.05) is 6.61 Å². The molecule has 0 bridgehead atoms. The summed E-state index contributed by atoms with van der Waals surface area (Å²) >= 11 is 6.23. The van der Waals surface area contributed by atoms with Gasteiger partial charge in [-0.1, -0.05) is 29.8 Å². The highest BCUT2D eigenvalue weighted by Gasteiger charge is 2.10. The van der Waals surface area contributed by atoms with Gasteiger partial charge in [0.05, 0.1) is 11.6 Å². The molecule has 3 nitrogen and oxygen atoms in total. The predicted molar refractivity (Wildman–Crippen MR) is 81.7 cm³/mol. The Kier molecular flexibility index (Phi) is 4.88. The lowest BCUT2D eigenvalue weighted by molar-refractivity contribution is 0.321. The Hall–Kier alpha value is -1.71. The Morgan fingerprint density at radius 2 is 1.80 bits per heavy atom. The number of nitrogens with two attached hydrogens (primary N) is 1. The first-order chi connectivity index (χ1) is 9.61. The lowest BCUT2D eigenvalue weighted by Gasteiger charge is -2.13. The maximum Gasteiger partial charge on any atom is 0.169 e. The minimum atomic E-state index is -0.0581. The van der Waals surface area contributed by atoms with Crippen molar-refractivity contribution < 1.29 is 9.47 Å². The molecule has 0 unspecified atom stereocenters.